The zero-order chi connectivity index (χ0) is 12.8. The Labute approximate surface area is 111 Å². The number of benzene rings is 2. The molecule has 0 atom stereocenters. The predicted octanol–water partition coefficient (Wildman–Crippen LogP) is 3.48. The second kappa shape index (κ2) is 6.11. The van der Waals surface area contributed by atoms with Crippen molar-refractivity contribution in [3.8, 4) is 23.3 Å². The number of aliphatic hydroxyl groups is 1. The van der Waals surface area contributed by atoms with E-state index in [1.807, 2.05) is 36.4 Å². The summed E-state index contributed by atoms with van der Waals surface area (Å²) in [4.78, 5) is 0. The van der Waals surface area contributed by atoms with Gasteiger partial charge in [-0.1, -0.05) is 23.4 Å². The van der Waals surface area contributed by atoms with E-state index in [0.717, 1.165) is 17.1 Å². The maximum absolute atomic E-state index is 8.59. The molecule has 18 heavy (non-hydrogen) atoms. The molecular formula is C15H11ClO2. The highest BCUT2D eigenvalue weighted by atomic mass is 35.5. The number of hydrogen-bond acceptors (Lipinski definition) is 2. The molecule has 0 aliphatic rings. The van der Waals surface area contributed by atoms with E-state index in [0.29, 0.717) is 5.02 Å². The van der Waals surface area contributed by atoms with Crippen molar-refractivity contribution in [2.75, 3.05) is 6.61 Å². The fourth-order valence-corrected chi connectivity index (χ4v) is 1.51. The fraction of sp³-hybridized carbons (Fsp3) is 0.0667. The van der Waals surface area contributed by atoms with Crippen molar-refractivity contribution < 1.29 is 9.84 Å². The molecule has 0 saturated heterocycles. The van der Waals surface area contributed by atoms with Gasteiger partial charge in [0.15, 0.2) is 0 Å². The van der Waals surface area contributed by atoms with E-state index < -0.39 is 0 Å². The van der Waals surface area contributed by atoms with Crippen molar-refractivity contribution in [1.82, 2.24) is 0 Å². The van der Waals surface area contributed by atoms with Crippen LogP contribution in [0.15, 0.2) is 48.5 Å². The lowest BCUT2D eigenvalue weighted by atomic mass is 10.2. The van der Waals surface area contributed by atoms with Crippen LogP contribution in [0.3, 0.4) is 0 Å². The Hall–Kier alpha value is -1.95. The third-order valence-corrected chi connectivity index (χ3v) is 2.47. The van der Waals surface area contributed by atoms with Gasteiger partial charge in [0, 0.05) is 10.6 Å². The van der Waals surface area contributed by atoms with E-state index in [1.54, 1.807) is 12.1 Å². The molecule has 2 rings (SSSR count). The van der Waals surface area contributed by atoms with Gasteiger partial charge in [-0.25, -0.2) is 0 Å². The molecule has 0 amide bonds. The molecule has 1 N–H and O–H groups in total. The lowest BCUT2D eigenvalue weighted by molar-refractivity contribution is 0.350. The molecule has 3 heteroatoms. The predicted molar refractivity (Wildman–Crippen MR) is 71.9 cm³/mol. The zero-order valence-electron chi connectivity index (χ0n) is 9.56. The molecule has 0 saturated carbocycles. The first-order valence-corrected chi connectivity index (χ1v) is 5.79. The standard InChI is InChI=1S/C15H11ClO2/c16-13-5-9-15(10-6-13)18-14-7-3-12(4-8-14)2-1-11-17/h3-10,17H,11H2. The summed E-state index contributed by atoms with van der Waals surface area (Å²) in [5, 5.41) is 9.27. The number of hydrogen-bond donors (Lipinski definition) is 1. The second-order valence-corrected chi connectivity index (χ2v) is 3.98. The Morgan fingerprint density at radius 1 is 0.944 bits per heavy atom. The van der Waals surface area contributed by atoms with Crippen molar-refractivity contribution >= 4 is 11.6 Å². The zero-order valence-corrected chi connectivity index (χ0v) is 10.3. The van der Waals surface area contributed by atoms with Crippen LogP contribution in [0.1, 0.15) is 5.56 Å². The number of halogens is 1. The highest BCUT2D eigenvalue weighted by Crippen LogP contribution is 2.23. The monoisotopic (exact) mass is 258 g/mol. The molecule has 0 heterocycles. The quantitative estimate of drug-likeness (QED) is 0.836. The van der Waals surface area contributed by atoms with Gasteiger partial charge in [0.1, 0.15) is 18.1 Å². The van der Waals surface area contributed by atoms with Gasteiger partial charge in [-0.05, 0) is 48.5 Å². The van der Waals surface area contributed by atoms with E-state index in [1.165, 1.54) is 0 Å². The lowest BCUT2D eigenvalue weighted by Crippen LogP contribution is -1.84. The van der Waals surface area contributed by atoms with Crippen LogP contribution in [0.4, 0.5) is 0 Å². The Balaban J connectivity index is 2.08. The molecule has 0 aliphatic heterocycles. The molecule has 2 nitrogen and oxygen atoms in total. The van der Waals surface area contributed by atoms with Crippen LogP contribution in [-0.2, 0) is 0 Å². The maximum Gasteiger partial charge on any atom is 0.127 e. The van der Waals surface area contributed by atoms with Gasteiger partial charge >= 0.3 is 0 Å². The maximum atomic E-state index is 8.59. The second-order valence-electron chi connectivity index (χ2n) is 3.54. The molecule has 0 bridgehead atoms. The van der Waals surface area contributed by atoms with Crippen molar-refractivity contribution in [2.45, 2.75) is 0 Å². The summed E-state index contributed by atoms with van der Waals surface area (Å²) in [5.41, 5.74) is 0.840. The molecule has 0 spiro atoms. The Bertz CT molecular complexity index is 562. The molecule has 0 fully saturated rings. The average molecular weight is 259 g/mol. The normalized spacial score (nSPS) is 9.44. The molecular weight excluding hydrogens is 248 g/mol. The highest BCUT2D eigenvalue weighted by Gasteiger charge is 1.97. The van der Waals surface area contributed by atoms with Crippen molar-refractivity contribution in [2.24, 2.45) is 0 Å². The molecule has 0 aliphatic carbocycles. The summed E-state index contributed by atoms with van der Waals surface area (Å²) in [6.07, 6.45) is 0. The van der Waals surface area contributed by atoms with E-state index >= 15 is 0 Å². The molecule has 90 valence electrons. The average Bonchev–Trinajstić information content (AvgIpc) is 2.41. The first kappa shape index (κ1) is 12.5. The topological polar surface area (TPSA) is 29.5 Å². The third kappa shape index (κ3) is 3.53. The lowest BCUT2D eigenvalue weighted by Gasteiger charge is -2.05. The summed E-state index contributed by atoms with van der Waals surface area (Å²) in [6, 6.07) is 14.5. The van der Waals surface area contributed by atoms with Crippen molar-refractivity contribution in [3.63, 3.8) is 0 Å². The van der Waals surface area contributed by atoms with Gasteiger partial charge in [0.2, 0.25) is 0 Å². The first-order valence-electron chi connectivity index (χ1n) is 5.41. The van der Waals surface area contributed by atoms with Crippen LogP contribution in [0, 0.1) is 11.8 Å². The minimum absolute atomic E-state index is 0.136. The minimum atomic E-state index is -0.136. The van der Waals surface area contributed by atoms with Crippen LogP contribution in [0.5, 0.6) is 11.5 Å². The Kier molecular flexibility index (Phi) is 4.25. The van der Waals surface area contributed by atoms with Gasteiger partial charge < -0.3 is 9.84 Å². The van der Waals surface area contributed by atoms with E-state index in [4.69, 9.17) is 21.4 Å². The fourth-order valence-electron chi connectivity index (χ4n) is 1.39. The molecule has 0 aromatic heterocycles. The largest absolute Gasteiger partial charge is 0.457 e. The van der Waals surface area contributed by atoms with Crippen LogP contribution >= 0.6 is 11.6 Å². The molecule has 0 radical (unpaired) electrons. The first-order chi connectivity index (χ1) is 8.78. The smallest absolute Gasteiger partial charge is 0.127 e. The summed E-state index contributed by atoms with van der Waals surface area (Å²) < 4.78 is 5.64. The van der Waals surface area contributed by atoms with Crippen LogP contribution < -0.4 is 4.74 Å². The molecule has 0 unspecified atom stereocenters. The summed E-state index contributed by atoms with van der Waals surface area (Å²) >= 11 is 5.79. The minimum Gasteiger partial charge on any atom is -0.457 e. The number of ether oxygens (including phenoxy) is 1. The SMILES string of the molecule is OCC#Cc1ccc(Oc2ccc(Cl)cc2)cc1. The molecule has 2 aromatic rings. The van der Waals surface area contributed by atoms with Gasteiger partial charge in [-0.2, -0.15) is 0 Å². The van der Waals surface area contributed by atoms with E-state index in [9.17, 15) is 0 Å². The van der Waals surface area contributed by atoms with Gasteiger partial charge in [-0.15, -0.1) is 0 Å². The van der Waals surface area contributed by atoms with Gasteiger partial charge in [0.05, 0.1) is 0 Å². The summed E-state index contributed by atoms with van der Waals surface area (Å²) in [6.45, 7) is -0.136. The van der Waals surface area contributed by atoms with Gasteiger partial charge in [-0.3, -0.25) is 0 Å². The van der Waals surface area contributed by atoms with E-state index in [2.05, 4.69) is 11.8 Å². The van der Waals surface area contributed by atoms with Crippen molar-refractivity contribution in [3.05, 3.63) is 59.1 Å². The van der Waals surface area contributed by atoms with Crippen LogP contribution in [0.2, 0.25) is 5.02 Å². The highest BCUT2D eigenvalue weighted by molar-refractivity contribution is 6.30. The molecule has 2 aromatic carbocycles. The van der Waals surface area contributed by atoms with Gasteiger partial charge in [0.25, 0.3) is 0 Å². The van der Waals surface area contributed by atoms with E-state index in [-0.39, 0.29) is 6.61 Å². The Morgan fingerprint density at radius 3 is 2.06 bits per heavy atom. The summed E-state index contributed by atoms with van der Waals surface area (Å²) in [5.74, 6) is 6.87. The number of aliphatic hydroxyl groups excluding tert-OH is 1. The summed E-state index contributed by atoms with van der Waals surface area (Å²) in [7, 11) is 0. The van der Waals surface area contributed by atoms with Crippen molar-refractivity contribution in [1.29, 1.82) is 0 Å². The van der Waals surface area contributed by atoms with Crippen LogP contribution in [0.25, 0.3) is 0 Å². The Morgan fingerprint density at radius 2 is 1.50 bits per heavy atom. The third-order valence-electron chi connectivity index (χ3n) is 2.22. The number of rotatable bonds is 2. The van der Waals surface area contributed by atoms with Crippen LogP contribution in [-0.4, -0.2) is 11.7 Å².